The number of fused-ring (bicyclic) bond motifs is 1. The molecule has 0 radical (unpaired) electrons. The smallest absolute Gasteiger partial charge is 0.0665 e. The highest BCUT2D eigenvalue weighted by atomic mass is 35.5. The molecule has 0 N–H and O–H groups in total. The fraction of sp³-hybridized carbons (Fsp3) is 0.308. The van der Waals surface area contributed by atoms with E-state index in [1.807, 2.05) is 12.1 Å². The summed E-state index contributed by atoms with van der Waals surface area (Å²) in [6, 6.07) is 10.3. The van der Waals surface area contributed by atoms with Crippen LogP contribution in [0, 0.1) is 29.1 Å². The zero-order valence-electron chi connectivity index (χ0n) is 8.15. The van der Waals surface area contributed by atoms with Crippen molar-refractivity contribution in [2.24, 2.45) is 17.8 Å². The quantitative estimate of drug-likeness (QED) is 0.703. The molecule has 0 saturated heterocycles. The summed E-state index contributed by atoms with van der Waals surface area (Å²) in [4.78, 5) is 0. The lowest BCUT2D eigenvalue weighted by molar-refractivity contribution is 0.829. The Morgan fingerprint density at radius 3 is 2.53 bits per heavy atom. The van der Waals surface area contributed by atoms with Crippen LogP contribution < -0.4 is 0 Å². The largest absolute Gasteiger partial charge is 0.198 e. The van der Waals surface area contributed by atoms with E-state index >= 15 is 0 Å². The minimum absolute atomic E-state index is 0.293. The van der Waals surface area contributed by atoms with Crippen molar-refractivity contribution in [1.29, 1.82) is 5.26 Å². The second-order valence-electron chi connectivity index (χ2n) is 4.30. The number of rotatable bonds is 1. The monoisotopic (exact) mass is 215 g/mol. The van der Waals surface area contributed by atoms with Crippen LogP contribution in [-0.2, 0) is 0 Å². The molecule has 0 amide bonds. The van der Waals surface area contributed by atoms with Crippen molar-refractivity contribution in [1.82, 2.24) is 0 Å². The topological polar surface area (TPSA) is 23.8 Å². The van der Waals surface area contributed by atoms with Crippen LogP contribution in [0.1, 0.15) is 12.0 Å². The Labute approximate surface area is 94.0 Å². The molecule has 0 heterocycles. The molecule has 3 atom stereocenters. The summed E-state index contributed by atoms with van der Waals surface area (Å²) >= 11 is 5.84. The van der Waals surface area contributed by atoms with Gasteiger partial charge >= 0.3 is 0 Å². The molecule has 1 fully saturated rings. The van der Waals surface area contributed by atoms with Gasteiger partial charge in [-0.3, -0.25) is 0 Å². The first kappa shape index (κ1) is 9.00. The van der Waals surface area contributed by atoms with Crippen molar-refractivity contribution in [3.8, 4) is 6.07 Å². The molecule has 0 spiro atoms. The van der Waals surface area contributed by atoms with E-state index in [0.717, 1.165) is 11.4 Å². The lowest BCUT2D eigenvalue weighted by Crippen LogP contribution is -1.86. The van der Waals surface area contributed by atoms with Crippen LogP contribution >= 0.6 is 11.6 Å². The van der Waals surface area contributed by atoms with Crippen molar-refractivity contribution in [2.45, 2.75) is 6.42 Å². The third-order valence-electron chi connectivity index (χ3n) is 3.44. The average Bonchev–Trinajstić information content (AvgIpc) is 2.72. The first-order valence-electron chi connectivity index (χ1n) is 5.16. The van der Waals surface area contributed by atoms with Crippen LogP contribution in [0.25, 0.3) is 5.57 Å². The summed E-state index contributed by atoms with van der Waals surface area (Å²) in [5.41, 5.74) is 2.64. The van der Waals surface area contributed by atoms with E-state index in [0.29, 0.717) is 17.8 Å². The maximum atomic E-state index is 8.81. The lowest BCUT2D eigenvalue weighted by atomic mass is 10.0. The molecule has 3 rings (SSSR count). The fourth-order valence-corrected chi connectivity index (χ4v) is 2.63. The SMILES string of the molecule is N#C[C@@H]1[C@H]2C=C(c3ccc(Cl)cc3)C[C@@H]12. The second-order valence-corrected chi connectivity index (χ2v) is 4.74. The van der Waals surface area contributed by atoms with Crippen LogP contribution in [0.15, 0.2) is 30.3 Å². The number of benzene rings is 1. The van der Waals surface area contributed by atoms with Gasteiger partial charge in [0.15, 0.2) is 0 Å². The lowest BCUT2D eigenvalue weighted by Gasteiger charge is -2.04. The molecular formula is C13H10ClN. The second kappa shape index (κ2) is 3.12. The number of hydrogen-bond acceptors (Lipinski definition) is 1. The Balaban J connectivity index is 1.84. The van der Waals surface area contributed by atoms with Crippen molar-refractivity contribution in [2.75, 3.05) is 0 Å². The van der Waals surface area contributed by atoms with Crippen molar-refractivity contribution in [3.63, 3.8) is 0 Å². The highest BCUT2D eigenvalue weighted by molar-refractivity contribution is 6.30. The third kappa shape index (κ3) is 1.37. The summed E-state index contributed by atoms with van der Waals surface area (Å²) < 4.78 is 0. The maximum Gasteiger partial charge on any atom is 0.0665 e. The fourth-order valence-electron chi connectivity index (χ4n) is 2.50. The van der Waals surface area contributed by atoms with Gasteiger partial charge in [0.1, 0.15) is 0 Å². The van der Waals surface area contributed by atoms with E-state index in [1.54, 1.807) is 0 Å². The summed E-state index contributed by atoms with van der Waals surface area (Å²) in [5, 5.41) is 9.58. The van der Waals surface area contributed by atoms with Gasteiger partial charge < -0.3 is 0 Å². The first-order valence-corrected chi connectivity index (χ1v) is 5.53. The first-order chi connectivity index (χ1) is 7.29. The van der Waals surface area contributed by atoms with Crippen molar-refractivity contribution < 1.29 is 0 Å². The Bertz CT molecular complexity index is 466. The Morgan fingerprint density at radius 1 is 1.27 bits per heavy atom. The zero-order valence-corrected chi connectivity index (χ0v) is 8.91. The zero-order chi connectivity index (χ0) is 10.4. The van der Waals surface area contributed by atoms with Gasteiger partial charge in [0.25, 0.3) is 0 Å². The molecule has 2 aliphatic rings. The molecule has 1 aromatic rings. The molecule has 1 saturated carbocycles. The van der Waals surface area contributed by atoms with Gasteiger partial charge in [-0.05, 0) is 41.5 Å². The van der Waals surface area contributed by atoms with Gasteiger partial charge in [-0.2, -0.15) is 5.26 Å². The molecule has 1 aromatic carbocycles. The van der Waals surface area contributed by atoms with E-state index in [-0.39, 0.29) is 0 Å². The number of nitriles is 1. The summed E-state index contributed by atoms with van der Waals surface area (Å²) in [7, 11) is 0. The van der Waals surface area contributed by atoms with Crippen LogP contribution in [-0.4, -0.2) is 0 Å². The number of nitrogens with zero attached hydrogens (tertiary/aromatic N) is 1. The van der Waals surface area contributed by atoms with Crippen LogP contribution in [0.3, 0.4) is 0 Å². The van der Waals surface area contributed by atoms with Gasteiger partial charge in [-0.25, -0.2) is 0 Å². The van der Waals surface area contributed by atoms with Gasteiger partial charge in [0.2, 0.25) is 0 Å². The molecular weight excluding hydrogens is 206 g/mol. The van der Waals surface area contributed by atoms with E-state index in [2.05, 4.69) is 24.3 Å². The van der Waals surface area contributed by atoms with E-state index in [1.165, 1.54) is 11.1 Å². The molecule has 0 aromatic heterocycles. The van der Waals surface area contributed by atoms with Crippen molar-refractivity contribution in [3.05, 3.63) is 40.9 Å². The molecule has 2 aliphatic carbocycles. The molecule has 74 valence electrons. The van der Waals surface area contributed by atoms with Crippen LogP contribution in [0.5, 0.6) is 0 Å². The molecule has 2 heteroatoms. The standard InChI is InChI=1S/C13H10ClN/c14-10-3-1-8(2-4-10)9-5-11-12(6-9)13(11)7-15/h1-5,11-13H,6H2/t11-,12+,13+/m0/s1. The van der Waals surface area contributed by atoms with E-state index in [9.17, 15) is 0 Å². The minimum Gasteiger partial charge on any atom is -0.198 e. The molecule has 15 heavy (non-hydrogen) atoms. The van der Waals surface area contributed by atoms with Gasteiger partial charge in [-0.1, -0.05) is 29.8 Å². The predicted molar refractivity (Wildman–Crippen MR) is 60.1 cm³/mol. The molecule has 0 bridgehead atoms. The summed E-state index contributed by atoms with van der Waals surface area (Å²) in [6.45, 7) is 0. The molecule has 1 nitrogen and oxygen atoms in total. The van der Waals surface area contributed by atoms with Crippen LogP contribution in [0.4, 0.5) is 0 Å². The van der Waals surface area contributed by atoms with Crippen LogP contribution in [0.2, 0.25) is 5.02 Å². The Hall–Kier alpha value is -1.26. The highest BCUT2D eigenvalue weighted by Crippen LogP contribution is 2.57. The van der Waals surface area contributed by atoms with Gasteiger partial charge in [0.05, 0.1) is 12.0 Å². The number of halogens is 1. The van der Waals surface area contributed by atoms with E-state index in [4.69, 9.17) is 16.9 Å². The van der Waals surface area contributed by atoms with Gasteiger partial charge in [-0.15, -0.1) is 0 Å². The van der Waals surface area contributed by atoms with E-state index < -0.39 is 0 Å². The van der Waals surface area contributed by atoms with Crippen molar-refractivity contribution >= 4 is 17.2 Å². The van der Waals surface area contributed by atoms with Gasteiger partial charge in [0, 0.05) is 5.02 Å². The summed E-state index contributed by atoms with van der Waals surface area (Å²) in [6.07, 6.45) is 3.33. The highest BCUT2D eigenvalue weighted by Gasteiger charge is 2.52. The molecule has 0 aliphatic heterocycles. The molecule has 0 unspecified atom stereocenters. The maximum absolute atomic E-state index is 8.81. The number of allylic oxidation sites excluding steroid dienone is 2. The summed E-state index contributed by atoms with van der Waals surface area (Å²) in [5.74, 6) is 1.42. The number of hydrogen-bond donors (Lipinski definition) is 0. The predicted octanol–water partition coefficient (Wildman–Crippen LogP) is 3.51. The normalized spacial score (nSPS) is 31.7. The third-order valence-corrected chi connectivity index (χ3v) is 3.69. The Morgan fingerprint density at radius 2 is 2.00 bits per heavy atom. The average molecular weight is 216 g/mol. The minimum atomic E-state index is 0.293. The Kier molecular flexibility index (Phi) is 1.87.